The lowest BCUT2D eigenvalue weighted by molar-refractivity contribution is 0.535. The molecule has 0 atom stereocenters. The summed E-state index contributed by atoms with van der Waals surface area (Å²) in [7, 11) is 1.80. The van der Waals surface area contributed by atoms with Crippen LogP contribution in [0.25, 0.3) is 16.7 Å². The minimum absolute atomic E-state index is 0.330. The first kappa shape index (κ1) is 12.2. The molecule has 0 amide bonds. The molecule has 0 spiro atoms. The van der Waals surface area contributed by atoms with Gasteiger partial charge in [-0.2, -0.15) is 5.10 Å². The predicted molar refractivity (Wildman–Crippen MR) is 77.9 cm³/mol. The van der Waals surface area contributed by atoms with E-state index >= 15 is 0 Å². The van der Waals surface area contributed by atoms with E-state index in [0.717, 1.165) is 31.5 Å². The summed E-state index contributed by atoms with van der Waals surface area (Å²) >= 11 is 0. The lowest BCUT2D eigenvalue weighted by Gasteiger charge is -2.15. The smallest absolute Gasteiger partial charge is 0.334 e. The van der Waals surface area contributed by atoms with Crippen LogP contribution in [0.15, 0.2) is 28.0 Å². The summed E-state index contributed by atoms with van der Waals surface area (Å²) in [5, 5.41) is 4.85. The van der Waals surface area contributed by atoms with Crippen LogP contribution in [-0.2, 0) is 20.0 Å². The second kappa shape index (κ2) is 4.21. The molecule has 7 nitrogen and oxygen atoms in total. The van der Waals surface area contributed by atoms with Gasteiger partial charge >= 0.3 is 5.69 Å². The van der Waals surface area contributed by atoms with Crippen LogP contribution in [0.1, 0.15) is 18.5 Å². The maximum atomic E-state index is 12.3. The Balaban J connectivity index is 2.17. The second-order valence-electron chi connectivity index (χ2n) is 5.43. The molecule has 0 radical (unpaired) electrons. The van der Waals surface area contributed by atoms with Gasteiger partial charge in [0.1, 0.15) is 0 Å². The largest absolute Gasteiger partial charge is 0.349 e. The normalized spacial score (nSPS) is 14.5. The molecule has 0 aliphatic carbocycles. The molecule has 4 heterocycles. The van der Waals surface area contributed by atoms with E-state index in [9.17, 15) is 9.59 Å². The van der Waals surface area contributed by atoms with Gasteiger partial charge < -0.3 is 4.57 Å². The van der Waals surface area contributed by atoms with Gasteiger partial charge in [0.25, 0.3) is 5.56 Å². The summed E-state index contributed by atoms with van der Waals surface area (Å²) in [5.74, 6) is 0.531. The number of rotatable bonds is 1. The van der Waals surface area contributed by atoms with Crippen molar-refractivity contribution in [3.05, 3.63) is 45.0 Å². The summed E-state index contributed by atoms with van der Waals surface area (Å²) in [6.07, 6.45) is 6.67. The van der Waals surface area contributed by atoms with Crippen LogP contribution in [0.3, 0.4) is 0 Å². The number of H-pyrrole nitrogens is 1. The predicted octanol–water partition coefficient (Wildman–Crippen LogP) is 0.550. The van der Waals surface area contributed by atoms with Gasteiger partial charge in [0.05, 0.1) is 10.9 Å². The van der Waals surface area contributed by atoms with Crippen molar-refractivity contribution in [1.29, 1.82) is 0 Å². The highest BCUT2D eigenvalue weighted by atomic mass is 16.2. The summed E-state index contributed by atoms with van der Waals surface area (Å²) in [6.45, 7) is 0.889. The third-order valence-electron chi connectivity index (χ3n) is 4.04. The zero-order chi connectivity index (χ0) is 14.6. The van der Waals surface area contributed by atoms with Crippen LogP contribution in [0, 0.1) is 0 Å². The molecule has 0 aromatic carbocycles. The average molecular weight is 285 g/mol. The van der Waals surface area contributed by atoms with Gasteiger partial charge in [-0.15, -0.1) is 0 Å². The van der Waals surface area contributed by atoms with E-state index in [-0.39, 0.29) is 5.56 Å². The summed E-state index contributed by atoms with van der Waals surface area (Å²) in [6, 6.07) is 1.77. The topological polar surface area (TPSA) is 77.6 Å². The van der Waals surface area contributed by atoms with E-state index < -0.39 is 5.69 Å². The lowest BCUT2D eigenvalue weighted by Crippen LogP contribution is -2.29. The Bertz CT molecular complexity index is 956. The van der Waals surface area contributed by atoms with Crippen LogP contribution in [-0.4, -0.2) is 23.9 Å². The first-order valence-electron chi connectivity index (χ1n) is 7.02. The Morgan fingerprint density at radius 2 is 2.14 bits per heavy atom. The molecular weight excluding hydrogens is 270 g/mol. The van der Waals surface area contributed by atoms with Crippen LogP contribution in [0.2, 0.25) is 0 Å². The lowest BCUT2D eigenvalue weighted by atomic mass is 10.1. The van der Waals surface area contributed by atoms with Crippen LogP contribution in [0.4, 0.5) is 0 Å². The molecule has 0 saturated heterocycles. The number of aromatic amines is 1. The molecule has 1 aliphatic heterocycles. The quantitative estimate of drug-likeness (QED) is 0.709. The highest BCUT2D eigenvalue weighted by molar-refractivity contribution is 5.82. The van der Waals surface area contributed by atoms with Crippen LogP contribution < -0.4 is 11.2 Å². The number of fused-ring (bicyclic) bond motifs is 3. The number of nitrogens with one attached hydrogen (secondary N) is 1. The van der Waals surface area contributed by atoms with Crippen molar-refractivity contribution in [2.24, 2.45) is 7.05 Å². The Hall–Kier alpha value is -2.57. The molecule has 0 fully saturated rings. The maximum absolute atomic E-state index is 12.3. The van der Waals surface area contributed by atoms with Gasteiger partial charge in [0.15, 0.2) is 5.82 Å². The van der Waals surface area contributed by atoms with Crippen molar-refractivity contribution in [1.82, 2.24) is 23.9 Å². The van der Waals surface area contributed by atoms with E-state index in [1.807, 2.05) is 6.20 Å². The van der Waals surface area contributed by atoms with Crippen molar-refractivity contribution in [3.8, 4) is 5.82 Å². The van der Waals surface area contributed by atoms with Gasteiger partial charge in [-0.25, -0.2) is 9.36 Å². The number of nitrogens with zero attached hydrogens (tertiary/aromatic N) is 4. The summed E-state index contributed by atoms with van der Waals surface area (Å²) in [5.41, 5.74) is 0.974. The third-order valence-corrected chi connectivity index (χ3v) is 4.04. The van der Waals surface area contributed by atoms with E-state index in [2.05, 4.69) is 14.6 Å². The molecule has 108 valence electrons. The van der Waals surface area contributed by atoms with E-state index in [0.29, 0.717) is 16.7 Å². The van der Waals surface area contributed by atoms with Crippen molar-refractivity contribution in [2.45, 2.75) is 25.8 Å². The summed E-state index contributed by atoms with van der Waals surface area (Å²) < 4.78 is 5.23. The Kier molecular flexibility index (Phi) is 2.44. The van der Waals surface area contributed by atoms with Crippen molar-refractivity contribution < 1.29 is 0 Å². The fourth-order valence-corrected chi connectivity index (χ4v) is 3.10. The maximum Gasteiger partial charge on any atom is 0.334 e. The zero-order valence-electron chi connectivity index (χ0n) is 11.7. The van der Waals surface area contributed by atoms with E-state index in [1.54, 1.807) is 24.0 Å². The highest BCUT2D eigenvalue weighted by Gasteiger charge is 2.20. The number of aromatic nitrogens is 5. The molecule has 7 heteroatoms. The second-order valence-corrected chi connectivity index (χ2v) is 5.43. The molecule has 0 bridgehead atoms. The molecular formula is C14H15N5O2. The van der Waals surface area contributed by atoms with E-state index in [1.165, 1.54) is 4.57 Å². The highest BCUT2D eigenvalue weighted by Crippen LogP contribution is 2.25. The Morgan fingerprint density at radius 1 is 1.29 bits per heavy atom. The minimum atomic E-state index is -0.439. The SMILES string of the molecule is Cn1ccc(-n2c(=O)[nH]c(=O)c3cn4c(c32)CCCC4)n1. The molecule has 3 aromatic rings. The molecule has 1 N–H and O–H groups in total. The fourth-order valence-electron chi connectivity index (χ4n) is 3.10. The molecule has 4 rings (SSSR count). The standard InChI is InChI=1S/C14H15N5O2/c1-17-7-5-11(16-17)19-12-9(13(20)15-14(19)21)8-18-6-3-2-4-10(12)18/h5,7-8H,2-4,6H2,1H3,(H,15,20,21). The van der Waals surface area contributed by atoms with Crippen LogP contribution in [0.5, 0.6) is 0 Å². The minimum Gasteiger partial charge on any atom is -0.349 e. The first-order valence-corrected chi connectivity index (χ1v) is 7.02. The Morgan fingerprint density at radius 3 is 2.90 bits per heavy atom. The number of aryl methyl sites for hydroxylation is 3. The average Bonchev–Trinajstić information content (AvgIpc) is 3.04. The fraction of sp³-hybridized carbons (Fsp3) is 0.357. The van der Waals surface area contributed by atoms with Crippen molar-refractivity contribution >= 4 is 10.9 Å². The van der Waals surface area contributed by atoms with Crippen LogP contribution >= 0.6 is 0 Å². The molecule has 3 aromatic heterocycles. The third kappa shape index (κ3) is 1.70. The van der Waals surface area contributed by atoms with Gasteiger partial charge in [0.2, 0.25) is 0 Å². The van der Waals surface area contributed by atoms with Gasteiger partial charge in [-0.1, -0.05) is 0 Å². The van der Waals surface area contributed by atoms with E-state index in [4.69, 9.17) is 0 Å². The summed E-state index contributed by atoms with van der Waals surface area (Å²) in [4.78, 5) is 26.8. The van der Waals surface area contributed by atoms with Crippen molar-refractivity contribution in [2.75, 3.05) is 0 Å². The number of hydrogen-bond acceptors (Lipinski definition) is 3. The first-order chi connectivity index (χ1) is 10.1. The van der Waals surface area contributed by atoms with Gasteiger partial charge in [0, 0.05) is 37.7 Å². The molecule has 1 aliphatic rings. The Labute approximate surface area is 119 Å². The number of hydrogen-bond donors (Lipinski definition) is 1. The molecule has 21 heavy (non-hydrogen) atoms. The zero-order valence-corrected chi connectivity index (χ0v) is 11.7. The van der Waals surface area contributed by atoms with Gasteiger partial charge in [-0.3, -0.25) is 14.5 Å². The van der Waals surface area contributed by atoms with Gasteiger partial charge in [-0.05, 0) is 19.3 Å². The van der Waals surface area contributed by atoms with Crippen molar-refractivity contribution in [3.63, 3.8) is 0 Å². The monoisotopic (exact) mass is 285 g/mol. The molecule has 0 saturated carbocycles. The molecule has 0 unspecified atom stereocenters.